The van der Waals surface area contributed by atoms with Crippen molar-refractivity contribution in [2.45, 2.75) is 31.7 Å². The molecule has 2 aromatic rings. The average molecular weight is 283 g/mol. The minimum Gasteiger partial charge on any atom is -0.491 e. The molecule has 0 saturated carbocycles. The Hall–Kier alpha value is -2.30. The highest BCUT2D eigenvalue weighted by molar-refractivity contribution is 5.94. The van der Waals surface area contributed by atoms with Gasteiger partial charge in [0.25, 0.3) is 5.91 Å². The Labute approximate surface area is 122 Å². The molecule has 5 heteroatoms. The fraction of sp³-hybridized carbons (Fsp3) is 0.375. The fourth-order valence-electron chi connectivity index (χ4n) is 3.18. The van der Waals surface area contributed by atoms with Gasteiger partial charge in [-0.15, -0.1) is 0 Å². The van der Waals surface area contributed by atoms with Crippen LogP contribution in [0.1, 0.15) is 33.7 Å². The maximum Gasteiger partial charge on any atom is 0.272 e. The maximum atomic E-state index is 12.4. The number of aromatic amines is 1. The van der Waals surface area contributed by atoms with Crippen LogP contribution in [-0.4, -0.2) is 28.8 Å². The number of benzene rings is 1. The van der Waals surface area contributed by atoms with E-state index in [1.165, 1.54) is 0 Å². The van der Waals surface area contributed by atoms with Gasteiger partial charge >= 0.3 is 0 Å². The number of amides is 1. The van der Waals surface area contributed by atoms with E-state index in [9.17, 15) is 4.79 Å². The molecule has 1 aromatic carbocycles. The third kappa shape index (κ3) is 2.18. The van der Waals surface area contributed by atoms with Gasteiger partial charge in [0.2, 0.25) is 0 Å². The molecule has 0 spiro atoms. The molecular weight excluding hydrogens is 266 g/mol. The Balaban J connectivity index is 1.48. The van der Waals surface area contributed by atoms with E-state index in [1.807, 2.05) is 24.3 Å². The molecule has 4 rings (SSSR count). The van der Waals surface area contributed by atoms with Crippen molar-refractivity contribution in [1.29, 1.82) is 0 Å². The van der Waals surface area contributed by atoms with Gasteiger partial charge in [0.1, 0.15) is 12.4 Å². The highest BCUT2D eigenvalue weighted by Crippen LogP contribution is 2.25. The molecule has 0 unspecified atom stereocenters. The van der Waals surface area contributed by atoms with Crippen molar-refractivity contribution in [3.8, 4) is 5.75 Å². The van der Waals surface area contributed by atoms with Crippen molar-refractivity contribution in [2.24, 2.45) is 0 Å². The molecular formula is C16H17N3O2. The molecule has 1 aliphatic heterocycles. The van der Waals surface area contributed by atoms with E-state index >= 15 is 0 Å². The van der Waals surface area contributed by atoms with Crippen molar-refractivity contribution in [3.05, 3.63) is 46.8 Å². The smallest absolute Gasteiger partial charge is 0.272 e. The molecule has 0 fully saturated rings. The van der Waals surface area contributed by atoms with Crippen molar-refractivity contribution < 1.29 is 9.53 Å². The number of para-hydroxylation sites is 1. The predicted octanol–water partition coefficient (Wildman–Crippen LogP) is 1.63. The fourth-order valence-corrected chi connectivity index (χ4v) is 3.18. The number of ether oxygens (including phenoxy) is 1. The van der Waals surface area contributed by atoms with Gasteiger partial charge in [-0.05, 0) is 37.3 Å². The van der Waals surface area contributed by atoms with Crippen LogP contribution in [-0.2, 0) is 19.3 Å². The van der Waals surface area contributed by atoms with Crippen molar-refractivity contribution in [1.82, 2.24) is 15.5 Å². The van der Waals surface area contributed by atoms with E-state index in [2.05, 4.69) is 15.5 Å². The summed E-state index contributed by atoms with van der Waals surface area (Å²) in [6.07, 6.45) is 3.84. The van der Waals surface area contributed by atoms with Crippen LogP contribution in [0.3, 0.4) is 0 Å². The Kier molecular flexibility index (Phi) is 2.91. The lowest BCUT2D eigenvalue weighted by Crippen LogP contribution is -2.43. The number of nitrogens with zero attached hydrogens (tertiary/aromatic N) is 1. The molecule has 21 heavy (non-hydrogen) atoms. The monoisotopic (exact) mass is 283 g/mol. The lowest BCUT2D eigenvalue weighted by molar-refractivity contribution is 0.0909. The number of H-pyrrole nitrogens is 1. The first-order valence-electron chi connectivity index (χ1n) is 7.39. The summed E-state index contributed by atoms with van der Waals surface area (Å²) in [7, 11) is 0. The van der Waals surface area contributed by atoms with Gasteiger partial charge in [0, 0.05) is 11.3 Å². The number of fused-ring (bicyclic) bond motifs is 2. The lowest BCUT2D eigenvalue weighted by Gasteiger charge is -2.25. The summed E-state index contributed by atoms with van der Waals surface area (Å²) in [6, 6.07) is 7.96. The Morgan fingerprint density at radius 3 is 3.19 bits per heavy atom. The van der Waals surface area contributed by atoms with Gasteiger partial charge in [-0.25, -0.2) is 0 Å². The highest BCUT2D eigenvalue weighted by Gasteiger charge is 2.26. The third-order valence-electron chi connectivity index (χ3n) is 4.24. The van der Waals surface area contributed by atoms with Crippen LogP contribution < -0.4 is 10.1 Å². The molecule has 1 aromatic heterocycles. The van der Waals surface area contributed by atoms with Gasteiger partial charge in [-0.1, -0.05) is 18.2 Å². The van der Waals surface area contributed by atoms with Gasteiger partial charge in [-0.2, -0.15) is 5.10 Å². The van der Waals surface area contributed by atoms with Crippen molar-refractivity contribution >= 4 is 5.91 Å². The molecule has 2 N–H and O–H groups in total. The van der Waals surface area contributed by atoms with E-state index in [4.69, 9.17) is 4.74 Å². The summed E-state index contributed by atoms with van der Waals surface area (Å²) in [5, 5.41) is 10.2. The minimum atomic E-state index is -0.0950. The number of hydrogen-bond donors (Lipinski definition) is 2. The summed E-state index contributed by atoms with van der Waals surface area (Å²) in [4.78, 5) is 12.4. The zero-order chi connectivity index (χ0) is 14.2. The van der Waals surface area contributed by atoms with Crippen LogP contribution in [0.4, 0.5) is 0 Å². The topological polar surface area (TPSA) is 67.0 Å². The summed E-state index contributed by atoms with van der Waals surface area (Å²) in [5.74, 6) is 0.825. The Morgan fingerprint density at radius 2 is 2.24 bits per heavy atom. The maximum absolute atomic E-state index is 12.4. The number of nitrogens with one attached hydrogen (secondary N) is 2. The molecule has 1 atom stereocenters. The molecule has 0 saturated heterocycles. The Bertz CT molecular complexity index is 693. The summed E-state index contributed by atoms with van der Waals surface area (Å²) in [5.41, 5.74) is 3.90. The van der Waals surface area contributed by atoms with E-state index < -0.39 is 0 Å². The first kappa shape index (κ1) is 12.4. The normalized spacial score (nSPS) is 19.5. The van der Waals surface area contributed by atoms with Crippen LogP contribution >= 0.6 is 0 Å². The molecule has 2 aliphatic rings. The number of carbonyl (C=O) groups excluding carboxylic acids is 1. The SMILES string of the molecule is O=C(N[C@@H]1COc2ccccc2C1)c1n[nH]c2c1CCC2. The number of carbonyl (C=O) groups is 1. The van der Waals surface area contributed by atoms with E-state index in [0.29, 0.717) is 12.3 Å². The molecule has 1 aliphatic carbocycles. The third-order valence-corrected chi connectivity index (χ3v) is 4.24. The second kappa shape index (κ2) is 4.91. The number of rotatable bonds is 2. The number of aromatic nitrogens is 2. The highest BCUT2D eigenvalue weighted by atomic mass is 16.5. The van der Waals surface area contributed by atoms with Crippen LogP contribution in [0.2, 0.25) is 0 Å². The van der Waals surface area contributed by atoms with Gasteiger partial charge in [-0.3, -0.25) is 9.89 Å². The van der Waals surface area contributed by atoms with Crippen LogP contribution in [0.5, 0.6) is 5.75 Å². The zero-order valence-electron chi connectivity index (χ0n) is 11.7. The second-order valence-corrected chi connectivity index (χ2v) is 5.68. The molecule has 0 bridgehead atoms. The molecule has 0 radical (unpaired) electrons. The lowest BCUT2D eigenvalue weighted by atomic mass is 10.0. The van der Waals surface area contributed by atoms with Gasteiger partial charge < -0.3 is 10.1 Å². The molecule has 2 heterocycles. The standard InChI is InChI=1S/C16H17N3O2/c20-16(15-12-5-3-6-13(12)18-19-15)17-11-8-10-4-1-2-7-14(10)21-9-11/h1-2,4,7,11H,3,5-6,8-9H2,(H,17,20)(H,18,19)/t11-/m0/s1. The molecule has 1 amide bonds. The number of aryl methyl sites for hydroxylation is 1. The summed E-state index contributed by atoms with van der Waals surface area (Å²) >= 11 is 0. The van der Waals surface area contributed by atoms with Gasteiger partial charge in [0.05, 0.1) is 6.04 Å². The van der Waals surface area contributed by atoms with Crippen LogP contribution in [0, 0.1) is 0 Å². The van der Waals surface area contributed by atoms with Crippen molar-refractivity contribution in [3.63, 3.8) is 0 Å². The van der Waals surface area contributed by atoms with E-state index in [1.54, 1.807) is 0 Å². The van der Waals surface area contributed by atoms with Crippen LogP contribution in [0.15, 0.2) is 24.3 Å². The van der Waals surface area contributed by atoms with E-state index in [-0.39, 0.29) is 11.9 Å². The van der Waals surface area contributed by atoms with E-state index in [0.717, 1.165) is 48.3 Å². The second-order valence-electron chi connectivity index (χ2n) is 5.68. The first-order chi connectivity index (χ1) is 10.3. The summed E-state index contributed by atoms with van der Waals surface area (Å²) < 4.78 is 5.70. The molecule has 5 nitrogen and oxygen atoms in total. The zero-order valence-corrected chi connectivity index (χ0v) is 11.7. The Morgan fingerprint density at radius 1 is 1.33 bits per heavy atom. The minimum absolute atomic E-state index is 0.00107. The quantitative estimate of drug-likeness (QED) is 0.880. The van der Waals surface area contributed by atoms with Crippen molar-refractivity contribution in [2.75, 3.05) is 6.61 Å². The summed E-state index contributed by atoms with van der Waals surface area (Å²) in [6.45, 7) is 0.509. The largest absolute Gasteiger partial charge is 0.491 e. The van der Waals surface area contributed by atoms with Crippen LogP contribution in [0.25, 0.3) is 0 Å². The number of hydrogen-bond acceptors (Lipinski definition) is 3. The first-order valence-corrected chi connectivity index (χ1v) is 7.39. The molecule has 108 valence electrons. The van der Waals surface area contributed by atoms with Gasteiger partial charge in [0.15, 0.2) is 5.69 Å². The average Bonchev–Trinajstić information content (AvgIpc) is 3.09. The predicted molar refractivity (Wildman–Crippen MR) is 77.5 cm³/mol.